The molecule has 0 radical (unpaired) electrons. The summed E-state index contributed by atoms with van der Waals surface area (Å²) in [5.41, 5.74) is 14.3. The van der Waals surface area contributed by atoms with Crippen molar-refractivity contribution in [2.24, 2.45) is 0 Å². The second kappa shape index (κ2) is 17.9. The summed E-state index contributed by atoms with van der Waals surface area (Å²) in [7, 11) is 0. The van der Waals surface area contributed by atoms with E-state index in [9.17, 15) is 0 Å². The molecule has 3 heterocycles. The van der Waals surface area contributed by atoms with E-state index in [0.29, 0.717) is 29.3 Å². The fourth-order valence-electron chi connectivity index (χ4n) is 8.73. The minimum atomic E-state index is -0.0300. The van der Waals surface area contributed by atoms with Crippen LogP contribution in [0.3, 0.4) is 0 Å². The monoisotopic (exact) mass is 1040 g/mol. The van der Waals surface area contributed by atoms with Crippen molar-refractivity contribution in [1.29, 1.82) is 0 Å². The molecule has 0 unspecified atom stereocenters. The van der Waals surface area contributed by atoms with E-state index in [0.717, 1.165) is 44.6 Å². The molecule has 0 saturated heterocycles. The summed E-state index contributed by atoms with van der Waals surface area (Å²) in [5.74, 6) is 3.14. The maximum atomic E-state index is 6.97. The van der Waals surface area contributed by atoms with Gasteiger partial charge in [0.25, 0.3) is 0 Å². The number of aromatic nitrogens is 2. The molecule has 0 saturated carbocycles. The minimum absolute atomic E-state index is 0. The van der Waals surface area contributed by atoms with Gasteiger partial charge in [0.15, 0.2) is 0 Å². The molecule has 7 aromatic rings. The van der Waals surface area contributed by atoms with Gasteiger partial charge in [0.1, 0.15) is 5.82 Å². The quantitative estimate of drug-likeness (QED) is 0.135. The molecule has 0 spiro atoms. The SMILES string of the molecule is CC(C)c1cc(C(C)C)c(-c2cc(Oc3[c-]c4c(cc3)c3ccccc3n4-c3cc(C(C)(C)C)ccn3)[c-]c(N3C=CN(c4cc(C(C)(C)C)cc(C(C)(C)C)c4)[CH-]3)c2)c(C(C)C)c1.[Pt]. The van der Waals surface area contributed by atoms with E-state index in [4.69, 9.17) is 9.72 Å². The molecule has 2 aromatic heterocycles. The largest absolute Gasteiger partial charge is 0.509 e. The van der Waals surface area contributed by atoms with Crippen LogP contribution >= 0.6 is 0 Å². The smallest absolute Gasteiger partial charge is 0.135 e. The molecule has 0 aliphatic carbocycles. The van der Waals surface area contributed by atoms with Crippen molar-refractivity contribution < 1.29 is 25.8 Å². The number of para-hydroxylation sites is 1. The molecule has 6 heteroatoms. The Bertz CT molecular complexity index is 2830. The molecule has 0 amide bonds. The predicted octanol–water partition coefficient (Wildman–Crippen LogP) is 16.4. The number of hydrogen-bond acceptors (Lipinski definition) is 4. The number of ether oxygens (including phenoxy) is 1. The Morgan fingerprint density at radius 1 is 0.585 bits per heavy atom. The van der Waals surface area contributed by atoms with Gasteiger partial charge in [-0.2, -0.15) is 6.07 Å². The molecule has 5 aromatic carbocycles. The van der Waals surface area contributed by atoms with Crippen molar-refractivity contribution in [2.45, 2.75) is 138 Å². The second-order valence-electron chi connectivity index (χ2n) is 21.8. The van der Waals surface area contributed by atoms with Crippen molar-refractivity contribution in [3.05, 3.63) is 162 Å². The standard InChI is InChI=1S/C59H67N4O.Pt/c1-37(2)40-28-51(38(3)4)56(52(29-40)39(5)6)41-26-45(61-24-25-62(36-61)46-31-43(58(10,11)12)30-44(32-46)59(13,14)15)34-48(27-41)64-47-20-21-50-49-18-16-17-19-53(49)63(54(50)35-47)55-33-42(22-23-60-55)57(7,8)9;/h16-33,36-39H,1-15H3;/q-3;. The van der Waals surface area contributed by atoms with Crippen LogP contribution in [0.15, 0.2) is 110 Å². The first-order chi connectivity index (χ1) is 30.1. The molecule has 0 bridgehead atoms. The van der Waals surface area contributed by atoms with Crippen molar-refractivity contribution in [3.8, 4) is 28.4 Å². The van der Waals surface area contributed by atoms with Crippen LogP contribution in [0.1, 0.15) is 155 Å². The first-order valence-electron chi connectivity index (χ1n) is 23.2. The van der Waals surface area contributed by atoms with Crippen molar-refractivity contribution in [3.63, 3.8) is 0 Å². The third-order valence-corrected chi connectivity index (χ3v) is 12.7. The number of pyridine rings is 1. The van der Waals surface area contributed by atoms with Crippen molar-refractivity contribution in [1.82, 2.24) is 9.55 Å². The molecule has 5 nitrogen and oxygen atoms in total. The molecule has 0 fully saturated rings. The number of anilines is 2. The molecule has 1 aliphatic rings. The Hall–Kier alpha value is -5.12. The molecule has 8 rings (SSSR count). The van der Waals surface area contributed by atoms with Crippen LogP contribution in [0, 0.1) is 18.8 Å². The van der Waals surface area contributed by atoms with Crippen molar-refractivity contribution >= 4 is 33.2 Å². The third-order valence-electron chi connectivity index (χ3n) is 12.7. The van der Waals surface area contributed by atoms with E-state index in [2.05, 4.69) is 234 Å². The van der Waals surface area contributed by atoms with Gasteiger partial charge >= 0.3 is 0 Å². The Morgan fingerprint density at radius 3 is 1.80 bits per heavy atom. The van der Waals surface area contributed by atoms with E-state index in [1.807, 2.05) is 12.3 Å². The van der Waals surface area contributed by atoms with Crippen LogP contribution in [0.4, 0.5) is 11.4 Å². The summed E-state index contributed by atoms with van der Waals surface area (Å²) in [5, 5.41) is 2.25. The maximum absolute atomic E-state index is 6.97. The molecular weight excluding hydrogens is 976 g/mol. The summed E-state index contributed by atoms with van der Waals surface area (Å²) in [6, 6.07) is 40.8. The zero-order valence-corrected chi connectivity index (χ0v) is 43.5. The Kier molecular flexibility index (Phi) is 13.2. The Morgan fingerprint density at radius 2 is 1.20 bits per heavy atom. The minimum Gasteiger partial charge on any atom is -0.509 e. The van der Waals surface area contributed by atoms with E-state index < -0.39 is 0 Å². The predicted molar refractivity (Wildman–Crippen MR) is 271 cm³/mol. The number of nitrogens with zero attached hydrogens (tertiary/aromatic N) is 4. The van der Waals surface area contributed by atoms with Gasteiger partial charge in [-0.05, 0) is 121 Å². The summed E-state index contributed by atoms with van der Waals surface area (Å²) >= 11 is 0. The number of fused-ring (bicyclic) bond motifs is 3. The van der Waals surface area contributed by atoms with Crippen LogP contribution in [0.5, 0.6) is 11.5 Å². The van der Waals surface area contributed by atoms with Gasteiger partial charge in [-0.15, -0.1) is 53.6 Å². The Labute approximate surface area is 404 Å². The molecule has 0 N–H and O–H groups in total. The van der Waals surface area contributed by atoms with Gasteiger partial charge in [0, 0.05) is 50.0 Å². The van der Waals surface area contributed by atoms with Gasteiger partial charge in [-0.3, -0.25) is 0 Å². The Balaban J connectivity index is 0.00000630. The third kappa shape index (κ3) is 9.74. The average molecular weight is 1040 g/mol. The maximum Gasteiger partial charge on any atom is 0.135 e. The second-order valence-corrected chi connectivity index (χ2v) is 21.8. The fourth-order valence-corrected chi connectivity index (χ4v) is 8.73. The van der Waals surface area contributed by atoms with Crippen LogP contribution in [-0.2, 0) is 37.3 Å². The topological polar surface area (TPSA) is 33.5 Å². The van der Waals surface area contributed by atoms with Gasteiger partial charge in [-0.25, -0.2) is 4.98 Å². The molecular formula is C59H67N4OPt-3. The molecule has 0 atom stereocenters. The first-order valence-corrected chi connectivity index (χ1v) is 23.2. The fraction of sp³-hybridized carbons (Fsp3) is 0.356. The molecule has 342 valence electrons. The number of rotatable bonds is 9. The summed E-state index contributed by atoms with van der Waals surface area (Å²) in [6.45, 7) is 36.4. The van der Waals surface area contributed by atoms with Crippen LogP contribution in [0.2, 0.25) is 0 Å². The zero-order valence-electron chi connectivity index (χ0n) is 41.2. The zero-order chi connectivity index (χ0) is 46.0. The molecule has 1 aliphatic heterocycles. The average Bonchev–Trinajstić information content (AvgIpc) is 3.86. The summed E-state index contributed by atoms with van der Waals surface area (Å²) < 4.78 is 9.19. The van der Waals surface area contributed by atoms with E-state index in [-0.39, 0.29) is 37.3 Å². The summed E-state index contributed by atoms with van der Waals surface area (Å²) in [6.07, 6.45) is 6.19. The number of benzene rings is 5. The van der Waals surface area contributed by atoms with Crippen LogP contribution in [-0.4, -0.2) is 9.55 Å². The normalized spacial score (nSPS) is 13.6. The first kappa shape index (κ1) is 47.8. The summed E-state index contributed by atoms with van der Waals surface area (Å²) in [4.78, 5) is 9.31. The van der Waals surface area contributed by atoms with Crippen molar-refractivity contribution in [2.75, 3.05) is 9.80 Å². The van der Waals surface area contributed by atoms with E-state index >= 15 is 0 Å². The van der Waals surface area contributed by atoms with Crippen LogP contribution < -0.4 is 14.5 Å². The van der Waals surface area contributed by atoms with E-state index in [1.54, 1.807) is 0 Å². The van der Waals surface area contributed by atoms with E-state index in [1.165, 1.54) is 38.9 Å². The van der Waals surface area contributed by atoms with Gasteiger partial charge < -0.3 is 19.1 Å². The van der Waals surface area contributed by atoms with Gasteiger partial charge in [0.05, 0.1) is 0 Å². The molecule has 65 heavy (non-hydrogen) atoms. The van der Waals surface area contributed by atoms with Crippen LogP contribution in [0.25, 0.3) is 38.8 Å². The van der Waals surface area contributed by atoms with Gasteiger partial charge in [-0.1, -0.05) is 146 Å². The van der Waals surface area contributed by atoms with Gasteiger partial charge in [0.2, 0.25) is 0 Å². The number of hydrogen-bond donors (Lipinski definition) is 0.